The number of para-hydroxylation sites is 2. The first kappa shape index (κ1) is 18.8. The van der Waals surface area contributed by atoms with Crippen LogP contribution < -0.4 is 5.43 Å². The van der Waals surface area contributed by atoms with Crippen LogP contribution in [0.2, 0.25) is 0 Å². The Morgan fingerprint density at radius 1 is 0.939 bits per heavy atom. The number of aromatic nitrogens is 2. The first-order chi connectivity index (χ1) is 16.1. The number of amides is 3. The minimum absolute atomic E-state index is 0.141. The average Bonchev–Trinajstić information content (AvgIpc) is 3.53. The summed E-state index contributed by atoms with van der Waals surface area (Å²) in [5.41, 5.74) is 6.01. The number of carbonyl (C=O) groups excluding carboxylic acids is 3. The number of allylic oxidation sites excluding steroid dienone is 2. The highest BCUT2D eigenvalue weighted by Crippen LogP contribution is 2.65. The zero-order valence-electron chi connectivity index (χ0n) is 17.8. The van der Waals surface area contributed by atoms with Gasteiger partial charge in [-0.3, -0.25) is 19.8 Å². The lowest BCUT2D eigenvalue weighted by Gasteiger charge is -2.37. The van der Waals surface area contributed by atoms with Crippen molar-refractivity contribution in [2.75, 3.05) is 0 Å². The molecule has 33 heavy (non-hydrogen) atoms. The molecule has 0 spiro atoms. The van der Waals surface area contributed by atoms with Crippen LogP contribution in [0.25, 0.3) is 11.0 Å². The lowest BCUT2D eigenvalue weighted by Crippen LogP contribution is -2.46. The molecule has 3 amide bonds. The molecular weight excluding hydrogens is 416 g/mol. The highest BCUT2D eigenvalue weighted by molar-refractivity contribution is 6.08. The van der Waals surface area contributed by atoms with Gasteiger partial charge in [0.25, 0.3) is 17.7 Å². The topological polar surface area (TPSA) is 84.3 Å². The molecule has 2 heterocycles. The Balaban J connectivity index is 1.07. The Labute approximate surface area is 190 Å². The fraction of sp³-hybridized carbons (Fsp3) is 0.308. The van der Waals surface area contributed by atoms with Crippen LogP contribution in [0.5, 0.6) is 0 Å². The van der Waals surface area contributed by atoms with E-state index in [0.717, 1.165) is 28.0 Å². The number of imide groups is 1. The van der Waals surface area contributed by atoms with E-state index < -0.39 is 5.91 Å². The number of hydrogen-bond donors (Lipinski definition) is 1. The molecule has 2 unspecified atom stereocenters. The molecule has 8 rings (SSSR count). The zero-order valence-corrected chi connectivity index (χ0v) is 17.8. The van der Waals surface area contributed by atoms with Crippen molar-refractivity contribution < 1.29 is 14.4 Å². The second-order valence-corrected chi connectivity index (χ2v) is 9.67. The van der Waals surface area contributed by atoms with Gasteiger partial charge in [-0.05, 0) is 59.9 Å². The summed E-state index contributed by atoms with van der Waals surface area (Å²) in [6.45, 7) is 0.632. The van der Waals surface area contributed by atoms with Crippen molar-refractivity contribution in [3.63, 3.8) is 0 Å². The second kappa shape index (κ2) is 6.63. The van der Waals surface area contributed by atoms with Gasteiger partial charge in [0.05, 0.1) is 29.2 Å². The fourth-order valence-corrected chi connectivity index (χ4v) is 6.33. The van der Waals surface area contributed by atoms with Crippen molar-refractivity contribution in [3.8, 4) is 0 Å². The highest BCUT2D eigenvalue weighted by atomic mass is 16.2. The van der Waals surface area contributed by atoms with Gasteiger partial charge in [0, 0.05) is 12.1 Å². The van der Waals surface area contributed by atoms with E-state index in [4.69, 9.17) is 0 Å². The molecule has 4 aliphatic carbocycles. The van der Waals surface area contributed by atoms with Crippen LogP contribution in [0.15, 0.2) is 67.0 Å². The molecule has 0 radical (unpaired) electrons. The number of nitrogens with zero attached hydrogens (tertiary/aromatic N) is 3. The van der Waals surface area contributed by atoms with Crippen LogP contribution in [-0.4, -0.2) is 32.3 Å². The molecule has 164 valence electrons. The van der Waals surface area contributed by atoms with Crippen LogP contribution in [0, 0.1) is 35.5 Å². The minimum atomic E-state index is -0.444. The molecule has 6 atom stereocenters. The third kappa shape index (κ3) is 2.68. The quantitative estimate of drug-likeness (QED) is 0.502. The smallest absolute Gasteiger partial charge is 0.270 e. The third-order valence-corrected chi connectivity index (χ3v) is 7.97. The molecule has 7 nitrogen and oxygen atoms in total. The molecule has 1 aromatic heterocycles. The summed E-state index contributed by atoms with van der Waals surface area (Å²) >= 11 is 0. The zero-order chi connectivity index (χ0) is 22.3. The summed E-state index contributed by atoms with van der Waals surface area (Å²) in [6.07, 6.45) is 7.17. The SMILES string of the molecule is O=C(NN1C(=O)[C@@H]2C3C=CC([C@H]4C[C@@H]34)[C@@H]2C1=O)c1ccc(Cn2cnc3ccccc32)cc1. The molecule has 1 N–H and O–H groups in total. The van der Waals surface area contributed by atoms with Crippen molar-refractivity contribution in [2.24, 2.45) is 35.5 Å². The number of carbonyl (C=O) groups is 3. The predicted molar refractivity (Wildman–Crippen MR) is 119 cm³/mol. The van der Waals surface area contributed by atoms with E-state index in [1.54, 1.807) is 18.5 Å². The van der Waals surface area contributed by atoms with E-state index in [9.17, 15) is 14.4 Å². The van der Waals surface area contributed by atoms with Gasteiger partial charge in [0.1, 0.15) is 0 Å². The molecule has 1 saturated heterocycles. The van der Waals surface area contributed by atoms with Gasteiger partial charge in [-0.25, -0.2) is 4.98 Å². The summed E-state index contributed by atoms with van der Waals surface area (Å²) in [5.74, 6) is -0.238. The molecule has 2 bridgehead atoms. The maximum Gasteiger partial charge on any atom is 0.270 e. The van der Waals surface area contributed by atoms with Crippen LogP contribution >= 0.6 is 0 Å². The summed E-state index contributed by atoms with van der Waals surface area (Å²) in [7, 11) is 0. The van der Waals surface area contributed by atoms with E-state index in [1.165, 1.54) is 0 Å². The van der Waals surface area contributed by atoms with Crippen molar-refractivity contribution in [1.82, 2.24) is 20.0 Å². The van der Waals surface area contributed by atoms with Gasteiger partial charge in [-0.1, -0.05) is 36.4 Å². The Morgan fingerprint density at radius 3 is 2.30 bits per heavy atom. The van der Waals surface area contributed by atoms with E-state index in [2.05, 4.69) is 27.1 Å². The van der Waals surface area contributed by atoms with E-state index in [1.807, 2.05) is 36.4 Å². The number of benzene rings is 2. The lowest BCUT2D eigenvalue weighted by atomic mass is 9.63. The summed E-state index contributed by atoms with van der Waals surface area (Å²) in [4.78, 5) is 43.4. The number of hydrogen-bond acceptors (Lipinski definition) is 4. The Kier molecular flexibility index (Phi) is 3.78. The summed E-state index contributed by atoms with van der Waals surface area (Å²) in [6, 6.07) is 15.2. The molecule has 1 aliphatic heterocycles. The second-order valence-electron chi connectivity index (χ2n) is 9.67. The van der Waals surface area contributed by atoms with Gasteiger partial charge in [0.15, 0.2) is 0 Å². The van der Waals surface area contributed by atoms with Crippen LogP contribution in [0.3, 0.4) is 0 Å². The van der Waals surface area contributed by atoms with Crippen molar-refractivity contribution in [2.45, 2.75) is 13.0 Å². The Bertz CT molecular complexity index is 1320. The van der Waals surface area contributed by atoms with Gasteiger partial charge < -0.3 is 4.57 Å². The number of hydrazine groups is 1. The van der Waals surface area contributed by atoms with Crippen LogP contribution in [0.4, 0.5) is 0 Å². The number of nitrogens with one attached hydrogen (secondary N) is 1. The normalized spacial score (nSPS) is 31.1. The largest absolute Gasteiger partial charge is 0.326 e. The number of imidazole rings is 1. The van der Waals surface area contributed by atoms with Gasteiger partial charge in [0.2, 0.25) is 0 Å². The average molecular weight is 438 g/mol. The molecule has 5 aliphatic rings. The summed E-state index contributed by atoms with van der Waals surface area (Å²) in [5, 5.41) is 0.987. The Morgan fingerprint density at radius 2 is 1.61 bits per heavy atom. The molecule has 2 saturated carbocycles. The first-order valence-corrected chi connectivity index (χ1v) is 11.5. The lowest BCUT2D eigenvalue weighted by molar-refractivity contribution is -0.143. The Hall–Kier alpha value is -3.74. The standard InChI is InChI=1S/C26H22N4O3/c31-24(15-7-5-14(6-8-15)12-29-13-27-20-3-1-2-4-21(20)29)28-30-25(32)22-16-9-10-17(19-11-18(16)19)23(22)26(30)33/h1-10,13,16-19,22-23H,11-12H2,(H,28,31)/t16?,17?,18-,19+,22+,23-. The van der Waals surface area contributed by atoms with Gasteiger partial charge >= 0.3 is 0 Å². The molecule has 3 fully saturated rings. The highest BCUT2D eigenvalue weighted by Gasteiger charge is 2.67. The van der Waals surface area contributed by atoms with Crippen molar-refractivity contribution in [3.05, 3.63) is 78.1 Å². The molecule has 2 aromatic carbocycles. The molecule has 3 aromatic rings. The van der Waals surface area contributed by atoms with Crippen molar-refractivity contribution >= 4 is 28.8 Å². The molecular formula is C26H22N4O3. The van der Waals surface area contributed by atoms with Crippen LogP contribution in [-0.2, 0) is 16.1 Å². The third-order valence-electron chi connectivity index (χ3n) is 7.97. The van der Waals surface area contributed by atoms with E-state index in [0.29, 0.717) is 23.9 Å². The number of rotatable bonds is 4. The van der Waals surface area contributed by atoms with Crippen molar-refractivity contribution in [1.29, 1.82) is 0 Å². The number of fused-ring (bicyclic) bond motifs is 1. The van der Waals surface area contributed by atoms with Gasteiger partial charge in [-0.2, -0.15) is 5.01 Å². The van der Waals surface area contributed by atoms with E-state index >= 15 is 0 Å². The summed E-state index contributed by atoms with van der Waals surface area (Å²) < 4.78 is 2.06. The molecule has 7 heteroatoms. The first-order valence-electron chi connectivity index (χ1n) is 11.5. The predicted octanol–water partition coefficient (Wildman–Crippen LogP) is 2.78. The van der Waals surface area contributed by atoms with Crippen LogP contribution in [0.1, 0.15) is 22.3 Å². The van der Waals surface area contributed by atoms with E-state index in [-0.39, 0.29) is 35.5 Å². The maximum atomic E-state index is 13.1. The van der Waals surface area contributed by atoms with Gasteiger partial charge in [-0.15, -0.1) is 0 Å². The maximum absolute atomic E-state index is 13.1. The fourth-order valence-electron chi connectivity index (χ4n) is 6.33. The monoisotopic (exact) mass is 438 g/mol. The minimum Gasteiger partial charge on any atom is -0.326 e.